The van der Waals surface area contributed by atoms with Crippen molar-refractivity contribution in [3.05, 3.63) is 37.4 Å². The third-order valence-corrected chi connectivity index (χ3v) is 3.70. The van der Waals surface area contributed by atoms with Gasteiger partial charge in [-0.1, -0.05) is 13.6 Å². The van der Waals surface area contributed by atoms with Gasteiger partial charge in [0.15, 0.2) is 0 Å². The molecule has 1 aromatic rings. The largest absolute Gasteiger partial charge is 1.00 e. The molecule has 3 heterocycles. The molecule has 0 aromatic carbocycles. The Hall–Kier alpha value is 2.41. The van der Waals surface area contributed by atoms with Crippen molar-refractivity contribution < 1.29 is 151 Å². The van der Waals surface area contributed by atoms with Gasteiger partial charge in [0.05, 0.1) is 35.9 Å². The first-order chi connectivity index (χ1) is 11.1. The van der Waals surface area contributed by atoms with Gasteiger partial charge in [0, 0.05) is 25.8 Å². The minimum absolute atomic E-state index is 0. The van der Waals surface area contributed by atoms with Crippen molar-refractivity contribution in [1.82, 2.24) is 9.97 Å². The molecule has 128 valence electrons. The van der Waals surface area contributed by atoms with Gasteiger partial charge in [0.2, 0.25) is 0 Å². The molecule has 2 fully saturated rings. The minimum Gasteiger partial charge on any atom is -0.523 e. The third kappa shape index (κ3) is 7.31. The van der Waals surface area contributed by atoms with Gasteiger partial charge < -0.3 is 34.3 Å². The summed E-state index contributed by atoms with van der Waals surface area (Å²) >= 11 is 0. The van der Waals surface area contributed by atoms with E-state index in [2.05, 4.69) is 9.97 Å². The first kappa shape index (κ1) is 25.4. The van der Waals surface area contributed by atoms with E-state index < -0.39 is 30.5 Å². The minimum atomic E-state index is -1.25. The second kappa shape index (κ2) is 12.9. The average Bonchev–Trinajstić information content (AvgIpc) is 3.27. The summed E-state index contributed by atoms with van der Waals surface area (Å²) < 4.78 is 19.9. The van der Waals surface area contributed by atoms with Crippen LogP contribution < -0.4 is 116 Å². The first-order valence-electron chi connectivity index (χ1n) is 7.17. The molecule has 0 spiro atoms. The summed E-state index contributed by atoms with van der Waals surface area (Å²) in [6, 6.07) is 0. The molecule has 0 radical (unpaired) electrons. The normalized spacial score (nSPS) is 26.4. The first-order valence-corrected chi connectivity index (χ1v) is 7.17. The Labute approximate surface area is 243 Å². The predicted molar refractivity (Wildman–Crippen MR) is 73.0 cm³/mol. The van der Waals surface area contributed by atoms with Crippen molar-refractivity contribution in [2.75, 3.05) is 13.2 Å². The second-order valence-electron chi connectivity index (χ2n) is 5.35. The standard InChI is InChI=1S/C14H18N2O7.2Rb/c17-10(11-4-20-6-22-11)1-8-2-16-9(3-15-8)13(18)14(19)12-5-21-7-23-12;;/h2-3,6-7,10-14,17-19H,1,4-5H2;;/q-2;2*+1. The number of nitrogens with zero attached hydrogens (tertiary/aromatic N) is 2. The predicted octanol–water partition coefficient (Wildman–Crippen LogP) is -7.15. The van der Waals surface area contributed by atoms with E-state index in [-0.39, 0.29) is 142 Å². The van der Waals surface area contributed by atoms with E-state index in [1.54, 1.807) is 0 Å². The fourth-order valence-corrected chi connectivity index (χ4v) is 2.30. The molecule has 11 heteroatoms. The molecular formula is C14H18N2O7Rb2. The van der Waals surface area contributed by atoms with Gasteiger partial charge in [0.1, 0.15) is 12.2 Å². The number of hydrogen-bond acceptors (Lipinski definition) is 9. The van der Waals surface area contributed by atoms with Crippen LogP contribution in [0.25, 0.3) is 0 Å². The Morgan fingerprint density at radius 3 is 2.16 bits per heavy atom. The van der Waals surface area contributed by atoms with E-state index in [1.165, 1.54) is 19.2 Å². The van der Waals surface area contributed by atoms with Crippen LogP contribution in [0.4, 0.5) is 0 Å². The number of hydrogen-bond donors (Lipinski definition) is 3. The molecule has 3 rings (SSSR count). The second-order valence-corrected chi connectivity index (χ2v) is 5.35. The van der Waals surface area contributed by atoms with Crippen LogP contribution in [0.5, 0.6) is 0 Å². The van der Waals surface area contributed by atoms with E-state index in [0.717, 1.165) is 6.79 Å². The number of aliphatic hydroxyl groups excluding tert-OH is 3. The molecule has 5 atom stereocenters. The Bertz CT molecular complexity index is 498. The van der Waals surface area contributed by atoms with E-state index in [0.29, 0.717) is 5.69 Å². The fourth-order valence-electron chi connectivity index (χ4n) is 2.30. The van der Waals surface area contributed by atoms with Crippen LogP contribution in [-0.4, -0.2) is 62.9 Å². The van der Waals surface area contributed by atoms with Crippen LogP contribution in [0.1, 0.15) is 17.5 Å². The monoisotopic (exact) mass is 496 g/mol. The van der Waals surface area contributed by atoms with Crippen LogP contribution in [0.3, 0.4) is 0 Å². The van der Waals surface area contributed by atoms with Crippen LogP contribution >= 0.6 is 0 Å². The van der Waals surface area contributed by atoms with Gasteiger partial charge in [-0.2, -0.15) is 0 Å². The van der Waals surface area contributed by atoms with Gasteiger partial charge in [-0.3, -0.25) is 9.97 Å². The Morgan fingerprint density at radius 1 is 1.00 bits per heavy atom. The van der Waals surface area contributed by atoms with Crippen molar-refractivity contribution in [3.8, 4) is 0 Å². The molecule has 1 aromatic heterocycles. The Kier molecular flexibility index (Phi) is 13.1. The van der Waals surface area contributed by atoms with E-state index in [4.69, 9.17) is 18.9 Å². The molecule has 5 unspecified atom stereocenters. The van der Waals surface area contributed by atoms with E-state index >= 15 is 0 Å². The van der Waals surface area contributed by atoms with Crippen LogP contribution in [0, 0.1) is 13.6 Å². The molecule has 25 heavy (non-hydrogen) atoms. The van der Waals surface area contributed by atoms with Crippen molar-refractivity contribution in [3.63, 3.8) is 0 Å². The molecule has 0 bridgehead atoms. The van der Waals surface area contributed by atoms with Crippen molar-refractivity contribution in [2.24, 2.45) is 0 Å². The zero-order valence-corrected chi connectivity index (χ0v) is 24.0. The van der Waals surface area contributed by atoms with Crippen LogP contribution in [0.2, 0.25) is 0 Å². The molecule has 0 saturated carbocycles. The smallest absolute Gasteiger partial charge is 0.523 e. The Balaban J connectivity index is 0.00000156. The number of ether oxygens (including phenoxy) is 4. The summed E-state index contributed by atoms with van der Waals surface area (Å²) in [6.07, 6.45) is -1.25. The van der Waals surface area contributed by atoms with Gasteiger partial charge in [-0.25, -0.2) is 0 Å². The molecule has 9 nitrogen and oxygen atoms in total. The molecule has 2 saturated heterocycles. The summed E-state index contributed by atoms with van der Waals surface area (Å²) in [7, 11) is 0. The molecule has 0 aliphatic carbocycles. The zero-order chi connectivity index (χ0) is 16.2. The van der Waals surface area contributed by atoms with Gasteiger partial charge >= 0.3 is 116 Å². The summed E-state index contributed by atoms with van der Waals surface area (Å²) in [4.78, 5) is 8.22. The molecule has 2 aliphatic heterocycles. The SMILES string of the molecule is OC(Cc1cnc(C(O)C(O)C2CO[CH-]O2)cn1)C1CO[CH-]O1.[Rb+].[Rb+]. The van der Waals surface area contributed by atoms with Crippen molar-refractivity contribution >= 4 is 0 Å². The van der Waals surface area contributed by atoms with Gasteiger partial charge in [0.25, 0.3) is 0 Å². The molecule has 3 N–H and O–H groups in total. The van der Waals surface area contributed by atoms with Crippen LogP contribution in [-0.2, 0) is 25.4 Å². The van der Waals surface area contributed by atoms with Crippen LogP contribution in [0.15, 0.2) is 12.4 Å². The number of aromatic nitrogens is 2. The average molecular weight is 497 g/mol. The summed E-state index contributed by atoms with van der Waals surface area (Å²) in [5, 5.41) is 30.1. The third-order valence-electron chi connectivity index (χ3n) is 3.70. The number of aliphatic hydroxyl groups is 3. The summed E-state index contributed by atoms with van der Waals surface area (Å²) in [5.41, 5.74) is 0.743. The van der Waals surface area contributed by atoms with Gasteiger partial charge in [-0.15, -0.1) is 0 Å². The fraction of sp³-hybridized carbons (Fsp3) is 0.571. The van der Waals surface area contributed by atoms with E-state index in [1.807, 2.05) is 0 Å². The van der Waals surface area contributed by atoms with Crippen molar-refractivity contribution in [1.29, 1.82) is 0 Å². The zero-order valence-electron chi connectivity index (χ0n) is 14.2. The maximum atomic E-state index is 10.1. The van der Waals surface area contributed by atoms with E-state index in [9.17, 15) is 15.3 Å². The maximum absolute atomic E-state index is 10.1. The molecule has 0 amide bonds. The Morgan fingerprint density at radius 2 is 1.64 bits per heavy atom. The van der Waals surface area contributed by atoms with Crippen molar-refractivity contribution in [2.45, 2.75) is 36.9 Å². The summed E-state index contributed by atoms with van der Waals surface area (Å²) in [6.45, 7) is 2.78. The topological polar surface area (TPSA) is 123 Å². The van der Waals surface area contributed by atoms with Gasteiger partial charge in [-0.05, 0) is 0 Å². The number of rotatable bonds is 6. The summed E-state index contributed by atoms with van der Waals surface area (Å²) in [5.74, 6) is 0. The molecule has 2 aliphatic rings. The molecular weight excluding hydrogens is 479 g/mol. The maximum Gasteiger partial charge on any atom is 1.00 e. The quantitative estimate of drug-likeness (QED) is 0.329.